The van der Waals surface area contributed by atoms with Crippen molar-refractivity contribution in [3.63, 3.8) is 0 Å². The first-order chi connectivity index (χ1) is 22.6. The van der Waals surface area contributed by atoms with Crippen molar-refractivity contribution in [1.82, 2.24) is 0 Å². The van der Waals surface area contributed by atoms with Gasteiger partial charge < -0.3 is 39.4 Å². The number of hydrogen-bond donors (Lipinski definition) is 4. The highest BCUT2D eigenvalue weighted by atomic mass is 16.7. The predicted molar refractivity (Wildman–Crippen MR) is 179 cm³/mol. The van der Waals surface area contributed by atoms with Crippen LogP contribution in [0.2, 0.25) is 0 Å². The largest absolute Gasteiger partial charge is 0.496 e. The fraction of sp³-hybridized carbons (Fsp3) is 0.692. The van der Waals surface area contributed by atoms with Gasteiger partial charge in [0.15, 0.2) is 5.79 Å². The first-order valence-electron chi connectivity index (χ1n) is 17.9. The van der Waals surface area contributed by atoms with Gasteiger partial charge in [0.05, 0.1) is 51.8 Å². The number of aliphatic hydroxyl groups is 4. The maximum Gasteiger partial charge on any atom is 0.163 e. The van der Waals surface area contributed by atoms with Crippen molar-refractivity contribution in [3.8, 4) is 11.5 Å². The van der Waals surface area contributed by atoms with Crippen LogP contribution in [0.1, 0.15) is 74.6 Å². The standard InChI is InChI=1S/C21H30O4.C18H26O4/c1-21(2)24-12-15(25-21)7-8-16-17-9-13-5-4-6-20(23-3)18(13)10-14(17)11-19(16)22;1-22-18-4-2-3-11-7-15-12(8-16(11)18)9-17(21)14(15)6-5-13(20)10-19/h4-6,14-17,19,22H,7-12H2,1-3H3;2-4,12-15,17,19-21H,5-10H2,1H3/t14-,15+,16+,17-,19+;12-,13+,14+,15-,17+/m00/s1. The predicted octanol–water partition coefficient (Wildman–Crippen LogP) is 4.88. The van der Waals surface area contributed by atoms with E-state index in [2.05, 4.69) is 24.3 Å². The molecule has 10 atom stereocenters. The lowest BCUT2D eigenvalue weighted by molar-refractivity contribution is -0.139. The van der Waals surface area contributed by atoms with Gasteiger partial charge in [-0.15, -0.1) is 0 Å². The third-order valence-corrected chi connectivity index (χ3v) is 12.1. The normalized spacial score (nSPS) is 33.9. The fourth-order valence-electron chi connectivity index (χ4n) is 9.75. The zero-order valence-corrected chi connectivity index (χ0v) is 28.6. The van der Waals surface area contributed by atoms with Crippen LogP contribution in [0.4, 0.5) is 0 Å². The van der Waals surface area contributed by atoms with E-state index >= 15 is 0 Å². The zero-order chi connectivity index (χ0) is 33.3. The van der Waals surface area contributed by atoms with E-state index in [9.17, 15) is 15.3 Å². The Morgan fingerprint density at radius 1 is 0.787 bits per heavy atom. The Hall–Kier alpha value is -2.20. The maximum atomic E-state index is 10.7. The molecule has 8 heteroatoms. The van der Waals surface area contributed by atoms with Gasteiger partial charge >= 0.3 is 0 Å². The molecule has 47 heavy (non-hydrogen) atoms. The average molecular weight is 653 g/mol. The van der Waals surface area contributed by atoms with E-state index < -0.39 is 11.9 Å². The molecule has 4 N–H and O–H groups in total. The number of ether oxygens (including phenoxy) is 4. The summed E-state index contributed by atoms with van der Waals surface area (Å²) in [5.41, 5.74) is 5.39. The smallest absolute Gasteiger partial charge is 0.163 e. The molecule has 1 saturated heterocycles. The molecule has 0 bridgehead atoms. The molecular formula is C39H56O8. The fourth-order valence-corrected chi connectivity index (χ4v) is 9.75. The quantitative estimate of drug-likeness (QED) is 0.303. The minimum Gasteiger partial charge on any atom is -0.496 e. The highest BCUT2D eigenvalue weighted by Crippen LogP contribution is 2.50. The van der Waals surface area contributed by atoms with Gasteiger partial charge in [-0.25, -0.2) is 0 Å². The molecule has 2 aromatic rings. The molecule has 1 heterocycles. The van der Waals surface area contributed by atoms with Gasteiger partial charge in [0.2, 0.25) is 0 Å². The Morgan fingerprint density at radius 3 is 1.79 bits per heavy atom. The molecule has 3 fully saturated rings. The van der Waals surface area contributed by atoms with Gasteiger partial charge in [-0.05, 0) is 148 Å². The number of aliphatic hydroxyl groups excluding tert-OH is 4. The van der Waals surface area contributed by atoms with Crippen LogP contribution in [0.15, 0.2) is 36.4 Å². The van der Waals surface area contributed by atoms with Gasteiger partial charge in [0.25, 0.3) is 0 Å². The minimum atomic E-state index is -0.665. The van der Waals surface area contributed by atoms with Crippen molar-refractivity contribution in [2.45, 2.75) is 108 Å². The van der Waals surface area contributed by atoms with Crippen LogP contribution in [0.5, 0.6) is 11.5 Å². The molecule has 7 rings (SSSR count). The van der Waals surface area contributed by atoms with E-state index in [1.165, 1.54) is 22.3 Å². The summed E-state index contributed by atoms with van der Waals surface area (Å²) in [5, 5.41) is 39.7. The molecule has 0 aromatic heterocycles. The van der Waals surface area contributed by atoms with Gasteiger partial charge in [-0.2, -0.15) is 0 Å². The highest BCUT2D eigenvalue weighted by Gasteiger charge is 2.46. The second-order valence-corrected chi connectivity index (χ2v) is 15.2. The zero-order valence-electron chi connectivity index (χ0n) is 28.6. The maximum absolute atomic E-state index is 10.7. The Balaban J connectivity index is 0.000000166. The molecule has 2 saturated carbocycles. The summed E-state index contributed by atoms with van der Waals surface area (Å²) in [6, 6.07) is 12.6. The van der Waals surface area contributed by atoms with E-state index in [0.29, 0.717) is 42.6 Å². The van der Waals surface area contributed by atoms with Crippen LogP contribution in [0.3, 0.4) is 0 Å². The molecular weight excluding hydrogens is 596 g/mol. The van der Waals surface area contributed by atoms with Crippen molar-refractivity contribution < 1.29 is 39.4 Å². The monoisotopic (exact) mass is 652 g/mol. The van der Waals surface area contributed by atoms with E-state index in [4.69, 9.17) is 24.1 Å². The lowest BCUT2D eigenvalue weighted by atomic mass is 9.73. The Kier molecular flexibility index (Phi) is 10.9. The Morgan fingerprint density at radius 2 is 1.32 bits per heavy atom. The number of fused-ring (bicyclic) bond motifs is 4. The molecule has 0 unspecified atom stereocenters. The summed E-state index contributed by atoms with van der Waals surface area (Å²) in [7, 11) is 3.46. The van der Waals surface area contributed by atoms with Gasteiger partial charge in [-0.3, -0.25) is 0 Å². The molecule has 8 nitrogen and oxygen atoms in total. The molecule has 0 radical (unpaired) electrons. The molecule has 4 aliphatic carbocycles. The lowest BCUT2D eigenvalue weighted by Crippen LogP contribution is -2.28. The van der Waals surface area contributed by atoms with Gasteiger partial charge in [0.1, 0.15) is 11.5 Å². The van der Waals surface area contributed by atoms with Crippen molar-refractivity contribution in [2.75, 3.05) is 27.4 Å². The van der Waals surface area contributed by atoms with Crippen LogP contribution in [-0.2, 0) is 35.2 Å². The van der Waals surface area contributed by atoms with Crippen LogP contribution in [0.25, 0.3) is 0 Å². The van der Waals surface area contributed by atoms with Gasteiger partial charge in [-0.1, -0.05) is 24.3 Å². The summed E-state index contributed by atoms with van der Waals surface area (Å²) in [4.78, 5) is 0. The number of rotatable bonds is 9. The molecule has 1 aliphatic heterocycles. The molecule has 260 valence electrons. The van der Waals surface area contributed by atoms with Crippen molar-refractivity contribution >= 4 is 0 Å². The summed E-state index contributed by atoms with van der Waals surface area (Å²) in [6.07, 6.45) is 8.16. The summed E-state index contributed by atoms with van der Waals surface area (Å²) < 4.78 is 22.7. The van der Waals surface area contributed by atoms with Crippen LogP contribution < -0.4 is 9.47 Å². The first-order valence-corrected chi connectivity index (χ1v) is 17.9. The Bertz CT molecular complexity index is 1340. The topological polar surface area (TPSA) is 118 Å². The number of benzene rings is 2. The second kappa shape index (κ2) is 14.7. The summed E-state index contributed by atoms with van der Waals surface area (Å²) in [6.45, 7) is 4.42. The molecule has 5 aliphatic rings. The first kappa shape index (κ1) is 34.7. The third-order valence-electron chi connectivity index (χ3n) is 12.1. The van der Waals surface area contributed by atoms with Crippen LogP contribution >= 0.6 is 0 Å². The van der Waals surface area contributed by atoms with Crippen molar-refractivity contribution in [1.29, 1.82) is 0 Å². The van der Waals surface area contributed by atoms with E-state index in [1.807, 2.05) is 26.0 Å². The van der Waals surface area contributed by atoms with E-state index in [0.717, 1.165) is 69.3 Å². The number of hydrogen-bond acceptors (Lipinski definition) is 8. The van der Waals surface area contributed by atoms with Crippen LogP contribution in [0, 0.1) is 35.5 Å². The Labute approximate surface area is 280 Å². The highest BCUT2D eigenvalue weighted by molar-refractivity contribution is 5.44. The second-order valence-electron chi connectivity index (χ2n) is 15.2. The minimum absolute atomic E-state index is 0.164. The average Bonchev–Trinajstić information content (AvgIpc) is 3.69. The molecule has 0 amide bonds. The summed E-state index contributed by atoms with van der Waals surface area (Å²) in [5.74, 6) is 4.22. The van der Waals surface area contributed by atoms with Crippen molar-refractivity contribution in [2.24, 2.45) is 35.5 Å². The van der Waals surface area contributed by atoms with Gasteiger partial charge in [0, 0.05) is 0 Å². The SMILES string of the molecule is COc1cccc2c1C[C@H]1C[C@@H](O)[C@H](CC[C@@H](O)CO)[C@H]1C2.COc1cccc2c1C[C@H]1C[C@@H](O)[C@H](CC[C@@H]3COC(C)(C)O3)[C@H]1C2. The lowest BCUT2D eigenvalue weighted by Gasteiger charge is -2.32. The summed E-state index contributed by atoms with van der Waals surface area (Å²) >= 11 is 0. The van der Waals surface area contributed by atoms with E-state index in [1.54, 1.807) is 14.2 Å². The third kappa shape index (κ3) is 7.53. The van der Waals surface area contributed by atoms with Crippen molar-refractivity contribution in [3.05, 3.63) is 58.7 Å². The van der Waals surface area contributed by atoms with Crippen LogP contribution in [-0.4, -0.2) is 78.1 Å². The number of methoxy groups -OCH3 is 2. The van der Waals surface area contributed by atoms with E-state index in [-0.39, 0.29) is 30.8 Å². The molecule has 2 aromatic carbocycles. The molecule has 0 spiro atoms.